The van der Waals surface area contributed by atoms with Crippen molar-refractivity contribution in [1.82, 2.24) is 14.5 Å². The van der Waals surface area contributed by atoms with E-state index in [1.807, 2.05) is 24.3 Å². The lowest BCUT2D eigenvalue weighted by Gasteiger charge is -2.34. The first kappa shape index (κ1) is 16.5. The molecule has 0 spiro atoms. The molecule has 4 nitrogen and oxygen atoms in total. The van der Waals surface area contributed by atoms with Gasteiger partial charge in [0.25, 0.3) is 0 Å². The van der Waals surface area contributed by atoms with Gasteiger partial charge in [0.15, 0.2) is 0 Å². The number of rotatable bonds is 9. The predicted octanol–water partition coefficient (Wildman–Crippen LogP) is 2.37. The third kappa shape index (κ3) is 4.23. The van der Waals surface area contributed by atoms with Crippen LogP contribution in [0.1, 0.15) is 38.4 Å². The zero-order valence-electron chi connectivity index (χ0n) is 12.7. The number of nitrogens with two attached hydrogens (primary N) is 1. The van der Waals surface area contributed by atoms with Crippen molar-refractivity contribution in [3.63, 3.8) is 0 Å². The number of likely N-dealkylation sites (N-methyl/N-ethyl adjacent to an activating group) is 1. The Morgan fingerprint density at radius 3 is 2.74 bits per heavy atom. The van der Waals surface area contributed by atoms with Crippen molar-refractivity contribution in [2.24, 2.45) is 5.73 Å². The molecule has 0 fully saturated rings. The smallest absolute Gasteiger partial charge is 0.0948 e. The lowest BCUT2D eigenvalue weighted by Crippen LogP contribution is -2.40. The van der Waals surface area contributed by atoms with E-state index in [-0.39, 0.29) is 6.04 Å². The van der Waals surface area contributed by atoms with Gasteiger partial charge in [-0.15, -0.1) is 0 Å². The highest BCUT2D eigenvalue weighted by Crippen LogP contribution is 2.23. The molecule has 0 saturated carbocycles. The highest BCUT2D eigenvalue weighted by Gasteiger charge is 2.24. The first-order valence-electron chi connectivity index (χ1n) is 7.10. The van der Waals surface area contributed by atoms with Crippen LogP contribution in [0.5, 0.6) is 0 Å². The molecule has 0 aliphatic carbocycles. The molecule has 0 saturated heterocycles. The van der Waals surface area contributed by atoms with Gasteiger partial charge in [0.2, 0.25) is 0 Å². The van der Waals surface area contributed by atoms with E-state index < -0.39 is 0 Å². The molecule has 1 heterocycles. The van der Waals surface area contributed by atoms with Crippen LogP contribution in [-0.4, -0.2) is 46.1 Å². The normalized spacial score (nSPS) is 14.8. The maximum atomic E-state index is 6.03. The van der Waals surface area contributed by atoms with E-state index in [0.29, 0.717) is 12.6 Å². The number of aromatic nitrogens is 2. The second-order valence-electron chi connectivity index (χ2n) is 4.95. The van der Waals surface area contributed by atoms with E-state index in [4.69, 9.17) is 5.73 Å². The van der Waals surface area contributed by atoms with Gasteiger partial charge in [-0.1, -0.05) is 13.8 Å². The predicted molar refractivity (Wildman–Crippen MR) is 84.5 cm³/mol. The highest BCUT2D eigenvalue weighted by molar-refractivity contribution is 7.98. The van der Waals surface area contributed by atoms with Crippen LogP contribution in [0, 0.1) is 0 Å². The molecule has 2 unspecified atom stereocenters. The first-order chi connectivity index (χ1) is 9.19. The summed E-state index contributed by atoms with van der Waals surface area (Å²) in [6, 6.07) is 0.819. The van der Waals surface area contributed by atoms with Crippen molar-refractivity contribution in [1.29, 1.82) is 0 Å². The maximum absolute atomic E-state index is 6.03. The second kappa shape index (κ2) is 8.61. The largest absolute Gasteiger partial charge is 0.333 e. The molecule has 0 amide bonds. The molecule has 110 valence electrons. The second-order valence-corrected chi connectivity index (χ2v) is 5.86. The summed E-state index contributed by atoms with van der Waals surface area (Å²) < 4.78 is 2.24. The van der Waals surface area contributed by atoms with Crippen molar-refractivity contribution in [2.75, 3.05) is 25.6 Å². The summed E-state index contributed by atoms with van der Waals surface area (Å²) in [5.41, 5.74) is 7.27. The zero-order chi connectivity index (χ0) is 14.3. The monoisotopic (exact) mass is 284 g/mol. The molecule has 1 aromatic rings. The third-order valence-corrected chi connectivity index (χ3v) is 4.39. The van der Waals surface area contributed by atoms with E-state index in [1.165, 1.54) is 5.69 Å². The molecule has 1 aromatic heterocycles. The van der Waals surface area contributed by atoms with Gasteiger partial charge in [-0.25, -0.2) is 4.98 Å². The highest BCUT2D eigenvalue weighted by atomic mass is 32.2. The van der Waals surface area contributed by atoms with Crippen molar-refractivity contribution in [3.8, 4) is 0 Å². The summed E-state index contributed by atoms with van der Waals surface area (Å²) in [5.74, 6) is 1.14. The third-order valence-electron chi connectivity index (χ3n) is 3.67. The van der Waals surface area contributed by atoms with Crippen molar-refractivity contribution in [2.45, 2.75) is 45.3 Å². The summed E-state index contributed by atoms with van der Waals surface area (Å²) in [5, 5.41) is 0. The van der Waals surface area contributed by atoms with Gasteiger partial charge in [-0.3, -0.25) is 4.90 Å². The van der Waals surface area contributed by atoms with Crippen molar-refractivity contribution in [3.05, 3.63) is 18.2 Å². The van der Waals surface area contributed by atoms with Gasteiger partial charge in [0.1, 0.15) is 0 Å². The fourth-order valence-electron chi connectivity index (χ4n) is 2.50. The topological polar surface area (TPSA) is 47.1 Å². The Morgan fingerprint density at radius 2 is 2.21 bits per heavy atom. The quantitative estimate of drug-likeness (QED) is 0.756. The van der Waals surface area contributed by atoms with Crippen molar-refractivity contribution >= 4 is 11.8 Å². The Balaban J connectivity index is 2.88. The van der Waals surface area contributed by atoms with Crippen LogP contribution in [0.4, 0.5) is 0 Å². The average molecular weight is 284 g/mol. The van der Waals surface area contributed by atoms with Crippen molar-refractivity contribution < 1.29 is 0 Å². The fraction of sp³-hybridized carbons (Fsp3) is 0.786. The zero-order valence-corrected chi connectivity index (χ0v) is 13.5. The number of hydrogen-bond acceptors (Lipinski definition) is 4. The first-order valence-corrected chi connectivity index (χ1v) is 8.49. The van der Waals surface area contributed by atoms with E-state index in [2.05, 4.69) is 41.6 Å². The molecule has 0 aromatic carbocycles. The van der Waals surface area contributed by atoms with Gasteiger partial charge >= 0.3 is 0 Å². The summed E-state index contributed by atoms with van der Waals surface area (Å²) in [7, 11) is 2.19. The molecular formula is C14H28N4S. The Morgan fingerprint density at radius 1 is 1.47 bits per heavy atom. The summed E-state index contributed by atoms with van der Waals surface area (Å²) in [4.78, 5) is 6.72. The van der Waals surface area contributed by atoms with Crippen LogP contribution in [0.25, 0.3) is 0 Å². The molecule has 2 N–H and O–H groups in total. The number of nitrogens with zero attached hydrogens (tertiary/aromatic N) is 3. The minimum atomic E-state index is 0.256. The van der Waals surface area contributed by atoms with Crippen LogP contribution in [-0.2, 0) is 6.54 Å². The molecule has 19 heavy (non-hydrogen) atoms. The van der Waals surface area contributed by atoms with Crippen LogP contribution in [0.15, 0.2) is 12.5 Å². The van der Waals surface area contributed by atoms with Crippen LogP contribution >= 0.6 is 11.8 Å². The van der Waals surface area contributed by atoms with E-state index >= 15 is 0 Å². The Labute approximate surface area is 121 Å². The molecule has 0 aliphatic heterocycles. The molecule has 0 aliphatic rings. The molecular weight excluding hydrogens is 256 g/mol. The summed E-state index contributed by atoms with van der Waals surface area (Å²) in [6.45, 7) is 6.08. The molecule has 0 radical (unpaired) electrons. The maximum Gasteiger partial charge on any atom is 0.0948 e. The number of thioether (sulfide) groups is 1. The lowest BCUT2D eigenvalue weighted by atomic mass is 10.1. The van der Waals surface area contributed by atoms with Crippen LogP contribution in [0.3, 0.4) is 0 Å². The van der Waals surface area contributed by atoms with E-state index in [0.717, 1.165) is 25.1 Å². The number of aryl methyl sites for hydroxylation is 1. The standard InChI is InChI=1S/C14H28N4S/c1-5-7-18-11-16-9-14(18)13(8-15)17(3)12(6-2)10-19-4/h9,11-13H,5-8,10,15H2,1-4H3. The number of hydrogen-bond donors (Lipinski definition) is 1. The van der Waals surface area contributed by atoms with E-state index in [1.54, 1.807) is 0 Å². The lowest BCUT2D eigenvalue weighted by molar-refractivity contribution is 0.181. The van der Waals surface area contributed by atoms with Gasteiger partial charge in [-0.05, 0) is 26.1 Å². The number of imidazole rings is 1. The SMILES string of the molecule is CCCn1cncc1C(CN)N(C)C(CC)CSC. The molecule has 2 atom stereocenters. The molecule has 5 heteroatoms. The average Bonchev–Trinajstić information content (AvgIpc) is 2.85. The van der Waals surface area contributed by atoms with E-state index in [9.17, 15) is 0 Å². The minimum Gasteiger partial charge on any atom is -0.333 e. The Kier molecular flexibility index (Phi) is 7.49. The Hall–Kier alpha value is -0.520. The van der Waals surface area contributed by atoms with Gasteiger partial charge in [0, 0.05) is 31.1 Å². The molecule has 0 bridgehead atoms. The summed E-state index contributed by atoms with van der Waals surface area (Å²) in [6.07, 6.45) is 8.32. The molecule has 1 rings (SSSR count). The van der Waals surface area contributed by atoms with Crippen LogP contribution < -0.4 is 5.73 Å². The Bertz CT molecular complexity index is 353. The summed E-state index contributed by atoms with van der Waals surface area (Å²) >= 11 is 1.90. The fourth-order valence-corrected chi connectivity index (χ4v) is 3.36. The van der Waals surface area contributed by atoms with Gasteiger partial charge < -0.3 is 10.3 Å². The van der Waals surface area contributed by atoms with Gasteiger partial charge in [0.05, 0.1) is 18.1 Å². The van der Waals surface area contributed by atoms with Gasteiger partial charge in [-0.2, -0.15) is 11.8 Å². The van der Waals surface area contributed by atoms with Crippen LogP contribution in [0.2, 0.25) is 0 Å². The minimum absolute atomic E-state index is 0.256.